The highest BCUT2D eigenvalue weighted by Gasteiger charge is 2.09. The van der Waals surface area contributed by atoms with Gasteiger partial charge in [-0.15, -0.1) is 0 Å². The Morgan fingerprint density at radius 1 is 1.31 bits per heavy atom. The third-order valence-corrected chi connectivity index (χ3v) is 2.90. The minimum absolute atomic E-state index is 0.664. The van der Waals surface area contributed by atoms with Crippen molar-refractivity contribution >= 4 is 15.9 Å². The highest BCUT2D eigenvalue weighted by molar-refractivity contribution is 9.10. The highest BCUT2D eigenvalue weighted by atomic mass is 79.9. The van der Waals surface area contributed by atoms with Crippen LogP contribution in [0.2, 0.25) is 0 Å². The van der Waals surface area contributed by atoms with Crippen LogP contribution in [0.3, 0.4) is 0 Å². The van der Waals surface area contributed by atoms with Crippen molar-refractivity contribution in [1.29, 1.82) is 0 Å². The third-order valence-electron chi connectivity index (χ3n) is 2.28. The molecule has 0 atom stereocenters. The van der Waals surface area contributed by atoms with Gasteiger partial charge in [-0.25, -0.2) is 0 Å². The number of halogens is 1. The number of likely N-dealkylation sites (N-methyl/N-ethyl adjacent to an activating group) is 1. The Balaban J connectivity index is 2.98. The Labute approximate surface area is 105 Å². The van der Waals surface area contributed by atoms with Crippen molar-refractivity contribution < 1.29 is 9.47 Å². The molecule has 1 aromatic carbocycles. The van der Waals surface area contributed by atoms with Crippen molar-refractivity contribution in [2.75, 3.05) is 27.3 Å². The van der Waals surface area contributed by atoms with Gasteiger partial charge >= 0.3 is 0 Å². The zero-order valence-electron chi connectivity index (χ0n) is 9.97. The molecule has 0 aromatic heterocycles. The smallest absolute Gasteiger partial charge is 0.136 e. The Morgan fingerprint density at radius 2 is 2.06 bits per heavy atom. The van der Waals surface area contributed by atoms with Gasteiger partial charge in [-0.1, -0.05) is 0 Å². The molecule has 0 aliphatic carbocycles. The number of hydrogen-bond donors (Lipinski definition) is 1. The molecule has 0 spiro atoms. The van der Waals surface area contributed by atoms with Crippen LogP contribution in [0, 0.1) is 0 Å². The summed E-state index contributed by atoms with van der Waals surface area (Å²) in [6, 6.07) is 3.99. The molecule has 0 aliphatic rings. The maximum Gasteiger partial charge on any atom is 0.136 e. The number of ether oxygens (including phenoxy) is 2. The summed E-state index contributed by atoms with van der Waals surface area (Å²) >= 11 is 3.48. The molecular formula is C12H18BrNO2. The number of hydrogen-bond acceptors (Lipinski definition) is 3. The summed E-state index contributed by atoms with van der Waals surface area (Å²) in [6.07, 6.45) is 0.939. The first-order valence-corrected chi connectivity index (χ1v) is 6.16. The second-order valence-electron chi connectivity index (χ2n) is 3.38. The molecule has 3 nitrogen and oxygen atoms in total. The van der Waals surface area contributed by atoms with E-state index >= 15 is 0 Å². The number of methoxy groups -OCH3 is 1. The van der Waals surface area contributed by atoms with E-state index in [4.69, 9.17) is 9.47 Å². The molecule has 0 amide bonds. The number of benzene rings is 1. The van der Waals surface area contributed by atoms with Crippen molar-refractivity contribution in [3.05, 3.63) is 22.2 Å². The highest BCUT2D eigenvalue weighted by Crippen LogP contribution is 2.33. The van der Waals surface area contributed by atoms with E-state index in [1.54, 1.807) is 7.11 Å². The van der Waals surface area contributed by atoms with Crippen molar-refractivity contribution in [3.63, 3.8) is 0 Å². The molecule has 16 heavy (non-hydrogen) atoms. The van der Waals surface area contributed by atoms with Gasteiger partial charge in [0.2, 0.25) is 0 Å². The maximum atomic E-state index is 5.60. The van der Waals surface area contributed by atoms with E-state index in [2.05, 4.69) is 27.3 Å². The zero-order chi connectivity index (χ0) is 12.0. The van der Waals surface area contributed by atoms with Crippen LogP contribution in [0.4, 0.5) is 0 Å². The standard InChI is InChI=1S/C12H18BrNO2/c1-4-16-11-8-12(15-3)10(13)7-9(11)5-6-14-2/h7-8,14H,4-6H2,1-3H3. The van der Waals surface area contributed by atoms with Crippen LogP contribution in [-0.2, 0) is 6.42 Å². The lowest BCUT2D eigenvalue weighted by Crippen LogP contribution is -2.11. The molecule has 0 radical (unpaired) electrons. The largest absolute Gasteiger partial charge is 0.495 e. The van der Waals surface area contributed by atoms with Crippen LogP contribution in [0.1, 0.15) is 12.5 Å². The van der Waals surface area contributed by atoms with E-state index in [1.807, 2.05) is 20.0 Å². The van der Waals surface area contributed by atoms with E-state index in [-0.39, 0.29) is 0 Å². The molecule has 0 heterocycles. The van der Waals surface area contributed by atoms with Gasteiger partial charge in [0, 0.05) is 6.07 Å². The second kappa shape index (κ2) is 6.76. The average Bonchev–Trinajstić information content (AvgIpc) is 2.29. The summed E-state index contributed by atoms with van der Waals surface area (Å²) in [7, 11) is 3.60. The van der Waals surface area contributed by atoms with Crippen molar-refractivity contribution in [2.24, 2.45) is 0 Å². The van der Waals surface area contributed by atoms with Crippen LogP contribution >= 0.6 is 15.9 Å². The molecule has 1 rings (SSSR count). The van der Waals surface area contributed by atoms with Crippen LogP contribution in [0.5, 0.6) is 11.5 Å². The Morgan fingerprint density at radius 3 is 2.62 bits per heavy atom. The molecule has 90 valence electrons. The topological polar surface area (TPSA) is 30.5 Å². The molecule has 0 saturated carbocycles. The van der Waals surface area contributed by atoms with Crippen LogP contribution in [-0.4, -0.2) is 27.3 Å². The van der Waals surface area contributed by atoms with E-state index in [9.17, 15) is 0 Å². The first-order valence-electron chi connectivity index (χ1n) is 5.36. The summed E-state index contributed by atoms with van der Waals surface area (Å²) in [4.78, 5) is 0. The third kappa shape index (κ3) is 3.39. The van der Waals surface area contributed by atoms with E-state index < -0.39 is 0 Å². The van der Waals surface area contributed by atoms with Crippen LogP contribution in [0.25, 0.3) is 0 Å². The fourth-order valence-electron chi connectivity index (χ4n) is 1.48. The summed E-state index contributed by atoms with van der Waals surface area (Å²) < 4.78 is 11.8. The SMILES string of the molecule is CCOc1cc(OC)c(Br)cc1CCNC. The zero-order valence-corrected chi connectivity index (χ0v) is 11.6. The van der Waals surface area contributed by atoms with E-state index in [0.717, 1.165) is 28.9 Å². The predicted octanol–water partition coefficient (Wildman–Crippen LogP) is 2.62. The minimum Gasteiger partial charge on any atom is -0.495 e. The molecule has 1 aromatic rings. The minimum atomic E-state index is 0.664. The van der Waals surface area contributed by atoms with Crippen molar-refractivity contribution in [3.8, 4) is 11.5 Å². The lowest BCUT2D eigenvalue weighted by atomic mass is 10.1. The number of nitrogens with one attached hydrogen (secondary N) is 1. The number of rotatable bonds is 6. The predicted molar refractivity (Wildman–Crippen MR) is 69.5 cm³/mol. The molecular weight excluding hydrogens is 270 g/mol. The molecule has 0 bridgehead atoms. The average molecular weight is 288 g/mol. The lowest BCUT2D eigenvalue weighted by molar-refractivity contribution is 0.332. The van der Waals surface area contributed by atoms with E-state index in [0.29, 0.717) is 6.61 Å². The van der Waals surface area contributed by atoms with Gasteiger partial charge in [0.1, 0.15) is 11.5 Å². The Bertz CT molecular complexity index is 342. The monoisotopic (exact) mass is 287 g/mol. The summed E-state index contributed by atoms with van der Waals surface area (Å²) in [5, 5.41) is 3.13. The molecule has 0 aliphatic heterocycles. The first-order chi connectivity index (χ1) is 7.72. The van der Waals surface area contributed by atoms with Gasteiger partial charge in [-0.2, -0.15) is 0 Å². The van der Waals surface area contributed by atoms with Crippen molar-refractivity contribution in [2.45, 2.75) is 13.3 Å². The van der Waals surface area contributed by atoms with Gasteiger partial charge in [-0.3, -0.25) is 0 Å². The van der Waals surface area contributed by atoms with Crippen LogP contribution in [0.15, 0.2) is 16.6 Å². The molecule has 0 fully saturated rings. The van der Waals surface area contributed by atoms with Gasteiger partial charge in [0.15, 0.2) is 0 Å². The van der Waals surface area contributed by atoms with Crippen LogP contribution < -0.4 is 14.8 Å². The second-order valence-corrected chi connectivity index (χ2v) is 4.24. The molecule has 1 N–H and O–H groups in total. The quantitative estimate of drug-likeness (QED) is 0.873. The van der Waals surface area contributed by atoms with Crippen molar-refractivity contribution in [1.82, 2.24) is 5.32 Å². The van der Waals surface area contributed by atoms with Gasteiger partial charge < -0.3 is 14.8 Å². The first kappa shape index (κ1) is 13.3. The van der Waals surface area contributed by atoms with Gasteiger partial charge in [0.05, 0.1) is 18.2 Å². The fraction of sp³-hybridized carbons (Fsp3) is 0.500. The molecule has 4 heteroatoms. The maximum absolute atomic E-state index is 5.60. The fourth-order valence-corrected chi connectivity index (χ4v) is 2.03. The molecule has 0 saturated heterocycles. The van der Waals surface area contributed by atoms with Gasteiger partial charge in [-0.05, 0) is 54.5 Å². The molecule has 0 unspecified atom stereocenters. The Kier molecular flexibility index (Phi) is 5.63. The summed E-state index contributed by atoms with van der Waals surface area (Å²) in [6.45, 7) is 3.58. The Hall–Kier alpha value is -0.740. The van der Waals surface area contributed by atoms with E-state index in [1.165, 1.54) is 5.56 Å². The summed E-state index contributed by atoms with van der Waals surface area (Å²) in [5.74, 6) is 1.70. The lowest BCUT2D eigenvalue weighted by Gasteiger charge is -2.13. The summed E-state index contributed by atoms with van der Waals surface area (Å²) in [5.41, 5.74) is 1.18. The normalized spacial score (nSPS) is 10.2. The van der Waals surface area contributed by atoms with Gasteiger partial charge in [0.25, 0.3) is 0 Å².